The molecule has 0 bridgehead atoms. The Hall–Kier alpha value is -0.710. The summed E-state index contributed by atoms with van der Waals surface area (Å²) in [6, 6.07) is 0. The summed E-state index contributed by atoms with van der Waals surface area (Å²) in [5.41, 5.74) is 4.71. The quantitative estimate of drug-likeness (QED) is 0.603. The number of hydrogen-bond donors (Lipinski definition) is 2. The molecule has 0 aromatic heterocycles. The Balaban J connectivity index is 3.10. The first kappa shape index (κ1) is 8.29. The normalized spacial score (nSPS) is 8.89. The second-order valence-electron chi connectivity index (χ2n) is 1.31. The second kappa shape index (κ2) is 4.20. The predicted octanol–water partition coefficient (Wildman–Crippen LogP) is 0.273. The number of carboxylic acid groups (broad SMARTS) is 1. The van der Waals surface area contributed by atoms with Crippen LogP contribution in [-0.2, 0) is 4.79 Å². The van der Waals surface area contributed by atoms with Gasteiger partial charge < -0.3 is 10.8 Å². The van der Waals surface area contributed by atoms with Gasteiger partial charge in [-0.15, -0.1) is 0 Å². The van der Waals surface area contributed by atoms with Gasteiger partial charge in [0.15, 0.2) is 0 Å². The second-order valence-corrected chi connectivity index (χ2v) is 2.41. The minimum absolute atomic E-state index is 0.0202. The third kappa shape index (κ3) is 7.29. The molecule has 4 nitrogen and oxygen atoms in total. The highest BCUT2D eigenvalue weighted by Gasteiger charge is 1.98. The molecular weight excluding hydrogens is 142 g/mol. The third-order valence-electron chi connectivity index (χ3n) is 0.560. The van der Waals surface area contributed by atoms with E-state index in [4.69, 9.17) is 10.8 Å². The van der Waals surface area contributed by atoms with Crippen LogP contribution in [0.3, 0.4) is 0 Å². The Bertz CT molecular complexity index is 111. The number of hydrogen-bond acceptors (Lipinski definition) is 3. The lowest BCUT2D eigenvalue weighted by Crippen LogP contribution is -2.05. The molecule has 0 unspecified atom stereocenters. The van der Waals surface area contributed by atoms with Crippen molar-refractivity contribution in [3.8, 4) is 0 Å². The van der Waals surface area contributed by atoms with E-state index in [1.807, 2.05) is 0 Å². The first-order valence-electron chi connectivity index (χ1n) is 2.27. The smallest absolute Gasteiger partial charge is 0.304 e. The van der Waals surface area contributed by atoms with Crippen LogP contribution in [0.5, 0.6) is 0 Å². The maximum absolute atomic E-state index is 9.97. The predicted molar refractivity (Wildman–Crippen MR) is 34.3 cm³/mol. The van der Waals surface area contributed by atoms with Crippen LogP contribution in [0.2, 0.25) is 0 Å². The summed E-state index contributed by atoms with van der Waals surface area (Å²) in [6.45, 7) is 0. The first-order valence-corrected chi connectivity index (χ1v) is 3.25. The Morgan fingerprint density at radius 1 is 1.56 bits per heavy atom. The van der Waals surface area contributed by atoms with E-state index in [0.717, 1.165) is 11.8 Å². The molecule has 3 N–H and O–H groups in total. The molecule has 0 aliphatic heterocycles. The van der Waals surface area contributed by atoms with Crippen LogP contribution in [0.4, 0.5) is 4.79 Å². The summed E-state index contributed by atoms with van der Waals surface area (Å²) in [6.07, 6.45) is -0.0202. The SMILES string of the molecule is NC(=O)SCCC(=O)O. The van der Waals surface area contributed by atoms with Crippen molar-refractivity contribution in [3.63, 3.8) is 0 Å². The van der Waals surface area contributed by atoms with Gasteiger partial charge in [0.2, 0.25) is 0 Å². The molecule has 52 valence electrons. The lowest BCUT2D eigenvalue weighted by molar-refractivity contribution is -0.136. The molecule has 0 rings (SSSR count). The van der Waals surface area contributed by atoms with Crippen LogP contribution in [0, 0.1) is 0 Å². The number of nitrogens with two attached hydrogens (primary N) is 1. The number of primary amides is 1. The fourth-order valence-corrected chi connectivity index (χ4v) is 0.717. The number of rotatable bonds is 3. The molecular formula is C4H7NO3S. The standard InChI is InChI=1S/C4H7NO3S/c5-4(8)9-2-1-3(6)7/h1-2H2,(H2,5,8)(H,6,7). The number of carbonyl (C=O) groups is 2. The largest absolute Gasteiger partial charge is 0.481 e. The molecule has 0 spiro atoms. The van der Waals surface area contributed by atoms with Crippen LogP contribution in [0.25, 0.3) is 0 Å². The van der Waals surface area contributed by atoms with Gasteiger partial charge in [0, 0.05) is 5.75 Å². The van der Waals surface area contributed by atoms with Crippen molar-refractivity contribution in [1.29, 1.82) is 0 Å². The van der Waals surface area contributed by atoms with Crippen molar-refractivity contribution in [1.82, 2.24) is 0 Å². The van der Waals surface area contributed by atoms with Crippen LogP contribution in [0.15, 0.2) is 0 Å². The minimum atomic E-state index is -0.913. The molecule has 9 heavy (non-hydrogen) atoms. The fraction of sp³-hybridized carbons (Fsp3) is 0.500. The van der Waals surface area contributed by atoms with E-state index in [9.17, 15) is 9.59 Å². The molecule has 0 aliphatic carbocycles. The fourth-order valence-electron chi connectivity index (χ4n) is 0.239. The van der Waals surface area contributed by atoms with Gasteiger partial charge >= 0.3 is 5.97 Å². The van der Waals surface area contributed by atoms with Gasteiger partial charge in [-0.25, -0.2) is 0 Å². The first-order chi connectivity index (χ1) is 4.13. The van der Waals surface area contributed by atoms with Gasteiger partial charge in [-0.1, -0.05) is 11.8 Å². The van der Waals surface area contributed by atoms with Crippen molar-refractivity contribution in [2.24, 2.45) is 5.73 Å². The zero-order valence-corrected chi connectivity index (χ0v) is 5.48. The van der Waals surface area contributed by atoms with Crippen LogP contribution >= 0.6 is 11.8 Å². The molecule has 0 aromatic carbocycles. The molecule has 0 saturated carbocycles. The van der Waals surface area contributed by atoms with Gasteiger partial charge in [0.1, 0.15) is 0 Å². The molecule has 0 saturated heterocycles. The Kier molecular flexibility index (Phi) is 3.87. The highest BCUT2D eigenvalue weighted by molar-refractivity contribution is 8.13. The summed E-state index contributed by atoms with van der Waals surface area (Å²) in [4.78, 5) is 19.8. The van der Waals surface area contributed by atoms with Crippen molar-refractivity contribution >= 4 is 23.0 Å². The van der Waals surface area contributed by atoms with E-state index in [2.05, 4.69) is 0 Å². The number of carbonyl (C=O) groups excluding carboxylic acids is 1. The monoisotopic (exact) mass is 149 g/mol. The summed E-state index contributed by atoms with van der Waals surface area (Å²) in [5.74, 6) is -0.659. The van der Waals surface area contributed by atoms with Crippen LogP contribution in [-0.4, -0.2) is 22.1 Å². The third-order valence-corrected chi connectivity index (χ3v) is 1.25. The average Bonchev–Trinajstić information content (AvgIpc) is 1.63. The van der Waals surface area contributed by atoms with E-state index in [-0.39, 0.29) is 12.2 Å². The van der Waals surface area contributed by atoms with Crippen molar-refractivity contribution in [3.05, 3.63) is 0 Å². The van der Waals surface area contributed by atoms with Gasteiger partial charge in [0.25, 0.3) is 5.24 Å². The Morgan fingerprint density at radius 2 is 2.11 bits per heavy atom. The molecule has 0 aromatic rings. The van der Waals surface area contributed by atoms with Crippen molar-refractivity contribution in [2.45, 2.75) is 6.42 Å². The van der Waals surface area contributed by atoms with E-state index in [1.165, 1.54) is 0 Å². The van der Waals surface area contributed by atoms with Gasteiger partial charge in [-0.05, 0) is 0 Å². The van der Waals surface area contributed by atoms with Gasteiger partial charge in [-0.3, -0.25) is 9.59 Å². The Labute approximate surface area is 56.4 Å². The molecule has 0 aliphatic rings. The van der Waals surface area contributed by atoms with Gasteiger partial charge in [0.05, 0.1) is 6.42 Å². The number of carboxylic acids is 1. The van der Waals surface area contributed by atoms with Crippen LogP contribution < -0.4 is 5.73 Å². The summed E-state index contributed by atoms with van der Waals surface area (Å²) < 4.78 is 0. The van der Waals surface area contributed by atoms with Crippen LogP contribution in [0.1, 0.15) is 6.42 Å². The van der Waals surface area contributed by atoms with E-state index >= 15 is 0 Å². The highest BCUT2D eigenvalue weighted by Crippen LogP contribution is 2.00. The zero-order valence-electron chi connectivity index (χ0n) is 4.66. The summed E-state index contributed by atoms with van der Waals surface area (Å²) in [7, 11) is 0. The number of thioether (sulfide) groups is 1. The molecule has 0 heterocycles. The molecule has 5 heteroatoms. The topological polar surface area (TPSA) is 80.4 Å². The van der Waals surface area contributed by atoms with Gasteiger partial charge in [-0.2, -0.15) is 0 Å². The van der Waals surface area contributed by atoms with Crippen molar-refractivity contribution in [2.75, 3.05) is 5.75 Å². The van der Waals surface area contributed by atoms with E-state index < -0.39 is 11.2 Å². The maximum atomic E-state index is 9.97. The Morgan fingerprint density at radius 3 is 2.44 bits per heavy atom. The zero-order chi connectivity index (χ0) is 7.28. The molecule has 0 radical (unpaired) electrons. The molecule has 1 amide bonds. The summed E-state index contributed by atoms with van der Waals surface area (Å²) in [5, 5.41) is 7.53. The average molecular weight is 149 g/mol. The molecule has 0 atom stereocenters. The van der Waals surface area contributed by atoms with Crippen molar-refractivity contribution < 1.29 is 14.7 Å². The lowest BCUT2D eigenvalue weighted by atomic mass is 10.5. The maximum Gasteiger partial charge on any atom is 0.304 e. The summed E-state index contributed by atoms with van der Waals surface area (Å²) >= 11 is 0.818. The molecule has 0 fully saturated rings. The number of amides is 1. The minimum Gasteiger partial charge on any atom is -0.481 e. The van der Waals surface area contributed by atoms with E-state index in [1.54, 1.807) is 0 Å². The number of aliphatic carboxylic acids is 1. The van der Waals surface area contributed by atoms with E-state index in [0.29, 0.717) is 0 Å². The lowest BCUT2D eigenvalue weighted by Gasteiger charge is -1.89. The highest BCUT2D eigenvalue weighted by atomic mass is 32.2.